The van der Waals surface area contributed by atoms with Crippen LogP contribution in [-0.2, 0) is 6.54 Å². The average molecular weight is 319 g/mol. The van der Waals surface area contributed by atoms with Gasteiger partial charge in [-0.3, -0.25) is 4.90 Å². The molecule has 0 aliphatic carbocycles. The van der Waals surface area contributed by atoms with E-state index in [4.69, 9.17) is 11.6 Å². The highest BCUT2D eigenvalue weighted by molar-refractivity contribution is 6.31. The summed E-state index contributed by atoms with van der Waals surface area (Å²) in [5, 5.41) is 3.63. The highest BCUT2D eigenvalue weighted by atomic mass is 35.5. The number of piperidine rings is 1. The van der Waals surface area contributed by atoms with Crippen LogP contribution in [0.15, 0.2) is 48.5 Å². The first-order valence-electron chi connectivity index (χ1n) is 7.68. The average Bonchev–Trinajstić information content (AvgIpc) is 2.54. The molecule has 0 radical (unpaired) electrons. The molecular formula is C18H20ClFN2. The molecule has 2 aromatic carbocycles. The summed E-state index contributed by atoms with van der Waals surface area (Å²) >= 11 is 5.82. The first-order chi connectivity index (χ1) is 10.7. The van der Waals surface area contributed by atoms with E-state index in [1.165, 1.54) is 11.6 Å². The van der Waals surface area contributed by atoms with Gasteiger partial charge in [0.15, 0.2) is 0 Å². The molecule has 0 spiro atoms. The lowest BCUT2D eigenvalue weighted by Gasteiger charge is -2.33. The monoisotopic (exact) mass is 318 g/mol. The summed E-state index contributed by atoms with van der Waals surface area (Å²) in [4.78, 5) is 2.48. The molecule has 0 atom stereocenters. The molecule has 1 heterocycles. The molecule has 0 saturated carbocycles. The number of halogens is 2. The summed E-state index contributed by atoms with van der Waals surface area (Å²) in [5.41, 5.74) is 2.26. The third-order valence-electron chi connectivity index (χ3n) is 4.13. The summed E-state index contributed by atoms with van der Waals surface area (Å²) in [6, 6.07) is 15.8. The number of rotatable bonds is 4. The predicted molar refractivity (Wildman–Crippen MR) is 89.8 cm³/mol. The van der Waals surface area contributed by atoms with Gasteiger partial charge in [0.2, 0.25) is 0 Å². The van der Waals surface area contributed by atoms with Crippen molar-refractivity contribution in [2.75, 3.05) is 18.4 Å². The zero-order valence-corrected chi connectivity index (χ0v) is 13.2. The number of anilines is 1. The Balaban J connectivity index is 1.50. The van der Waals surface area contributed by atoms with Crippen molar-refractivity contribution in [1.29, 1.82) is 0 Å². The van der Waals surface area contributed by atoms with E-state index >= 15 is 0 Å². The third kappa shape index (κ3) is 3.99. The van der Waals surface area contributed by atoms with Crippen molar-refractivity contribution in [3.63, 3.8) is 0 Å². The van der Waals surface area contributed by atoms with Gasteiger partial charge in [-0.05, 0) is 36.6 Å². The lowest BCUT2D eigenvalue weighted by atomic mass is 10.0. The molecule has 1 aliphatic heterocycles. The Morgan fingerprint density at radius 1 is 1.09 bits per heavy atom. The quantitative estimate of drug-likeness (QED) is 0.889. The van der Waals surface area contributed by atoms with E-state index in [1.54, 1.807) is 12.1 Å². The number of nitrogens with zero attached hydrogens (tertiary/aromatic N) is 1. The second-order valence-corrected chi connectivity index (χ2v) is 6.22. The van der Waals surface area contributed by atoms with Gasteiger partial charge in [-0.25, -0.2) is 4.39 Å². The Hall–Kier alpha value is -1.58. The molecule has 1 fully saturated rings. The molecule has 1 saturated heterocycles. The molecule has 1 N–H and O–H groups in total. The molecular weight excluding hydrogens is 299 g/mol. The number of hydrogen-bond acceptors (Lipinski definition) is 2. The van der Waals surface area contributed by atoms with E-state index in [0.29, 0.717) is 6.04 Å². The summed E-state index contributed by atoms with van der Waals surface area (Å²) in [7, 11) is 0. The maximum absolute atomic E-state index is 13.2. The molecule has 2 nitrogen and oxygen atoms in total. The Morgan fingerprint density at radius 3 is 2.50 bits per heavy atom. The SMILES string of the molecule is Fc1ccc(NC2CCN(Cc3ccccc3)CC2)cc1Cl. The van der Waals surface area contributed by atoms with Gasteiger partial charge in [-0.1, -0.05) is 41.9 Å². The first kappa shape index (κ1) is 15.3. The number of benzene rings is 2. The molecule has 0 unspecified atom stereocenters. The van der Waals surface area contributed by atoms with Gasteiger partial charge >= 0.3 is 0 Å². The van der Waals surface area contributed by atoms with Gasteiger partial charge in [0.05, 0.1) is 5.02 Å². The molecule has 2 aromatic rings. The van der Waals surface area contributed by atoms with Crippen LogP contribution in [0.1, 0.15) is 18.4 Å². The number of nitrogens with one attached hydrogen (secondary N) is 1. The van der Waals surface area contributed by atoms with Crippen molar-refractivity contribution in [2.45, 2.75) is 25.4 Å². The van der Waals surface area contributed by atoms with Crippen LogP contribution in [0.5, 0.6) is 0 Å². The van der Waals surface area contributed by atoms with Crippen molar-refractivity contribution < 1.29 is 4.39 Å². The molecule has 3 rings (SSSR count). The highest BCUT2D eigenvalue weighted by Crippen LogP contribution is 2.22. The number of likely N-dealkylation sites (tertiary alicyclic amines) is 1. The van der Waals surface area contributed by atoms with E-state index in [1.807, 2.05) is 6.07 Å². The summed E-state index contributed by atoms with van der Waals surface area (Å²) in [5.74, 6) is -0.370. The lowest BCUT2D eigenvalue weighted by molar-refractivity contribution is 0.211. The van der Waals surface area contributed by atoms with Gasteiger partial charge in [0.1, 0.15) is 5.82 Å². The van der Waals surface area contributed by atoms with Crippen LogP contribution in [0.2, 0.25) is 5.02 Å². The normalized spacial score (nSPS) is 16.6. The second-order valence-electron chi connectivity index (χ2n) is 5.81. The molecule has 4 heteroatoms. The second kappa shape index (κ2) is 7.12. The fourth-order valence-corrected chi connectivity index (χ4v) is 3.08. The van der Waals surface area contributed by atoms with Crippen molar-refractivity contribution >= 4 is 17.3 Å². The van der Waals surface area contributed by atoms with Gasteiger partial charge in [-0.2, -0.15) is 0 Å². The minimum absolute atomic E-state index is 0.173. The van der Waals surface area contributed by atoms with Crippen molar-refractivity contribution in [3.05, 3.63) is 64.9 Å². The van der Waals surface area contributed by atoms with Crippen LogP contribution in [0.25, 0.3) is 0 Å². The molecule has 0 amide bonds. The standard InChI is InChI=1S/C18H20ClFN2/c19-17-12-16(6-7-18(17)20)21-15-8-10-22(11-9-15)13-14-4-2-1-3-5-14/h1-7,12,15,21H,8-11,13H2. The Morgan fingerprint density at radius 2 is 1.82 bits per heavy atom. The topological polar surface area (TPSA) is 15.3 Å². The first-order valence-corrected chi connectivity index (χ1v) is 8.06. The molecule has 0 bridgehead atoms. The van der Waals surface area contributed by atoms with Gasteiger partial charge < -0.3 is 5.32 Å². The van der Waals surface area contributed by atoms with E-state index in [2.05, 4.69) is 34.5 Å². The predicted octanol–water partition coefficient (Wildman–Crippen LogP) is 4.56. The molecule has 0 aromatic heterocycles. The Kier molecular flexibility index (Phi) is 4.96. The highest BCUT2D eigenvalue weighted by Gasteiger charge is 2.19. The Bertz CT molecular complexity index is 610. The molecule has 22 heavy (non-hydrogen) atoms. The fourth-order valence-electron chi connectivity index (χ4n) is 2.90. The van der Waals surface area contributed by atoms with Crippen molar-refractivity contribution in [1.82, 2.24) is 4.90 Å². The van der Waals surface area contributed by atoms with Crippen LogP contribution in [0.4, 0.5) is 10.1 Å². The van der Waals surface area contributed by atoms with Gasteiger partial charge in [-0.15, -0.1) is 0 Å². The van der Waals surface area contributed by atoms with Crippen molar-refractivity contribution in [2.24, 2.45) is 0 Å². The van der Waals surface area contributed by atoms with Crippen molar-refractivity contribution in [3.8, 4) is 0 Å². The van der Waals surface area contributed by atoms with Crippen LogP contribution in [-0.4, -0.2) is 24.0 Å². The molecule has 1 aliphatic rings. The minimum Gasteiger partial charge on any atom is -0.382 e. The molecule has 116 valence electrons. The van der Waals surface area contributed by atoms with E-state index < -0.39 is 0 Å². The van der Waals surface area contributed by atoms with Crippen LogP contribution in [0.3, 0.4) is 0 Å². The number of hydrogen-bond donors (Lipinski definition) is 1. The third-order valence-corrected chi connectivity index (χ3v) is 4.42. The lowest BCUT2D eigenvalue weighted by Crippen LogP contribution is -2.38. The van der Waals surface area contributed by atoms with Crippen LogP contribution < -0.4 is 5.32 Å². The summed E-state index contributed by atoms with van der Waals surface area (Å²) in [6.45, 7) is 3.15. The van der Waals surface area contributed by atoms with Gasteiger partial charge in [0.25, 0.3) is 0 Å². The van der Waals surface area contributed by atoms with Crippen LogP contribution in [0, 0.1) is 5.82 Å². The van der Waals surface area contributed by atoms with Gasteiger partial charge in [0, 0.05) is 31.4 Å². The summed E-state index contributed by atoms with van der Waals surface area (Å²) in [6.07, 6.45) is 2.17. The smallest absolute Gasteiger partial charge is 0.141 e. The zero-order chi connectivity index (χ0) is 15.4. The fraction of sp³-hybridized carbons (Fsp3) is 0.333. The van der Waals surface area contributed by atoms with E-state index in [0.717, 1.165) is 38.2 Å². The maximum atomic E-state index is 13.2. The maximum Gasteiger partial charge on any atom is 0.141 e. The summed E-state index contributed by atoms with van der Waals surface area (Å²) < 4.78 is 13.2. The van der Waals surface area contributed by atoms with Crippen LogP contribution >= 0.6 is 11.6 Å². The largest absolute Gasteiger partial charge is 0.382 e. The van der Waals surface area contributed by atoms with E-state index in [9.17, 15) is 4.39 Å². The van der Waals surface area contributed by atoms with E-state index in [-0.39, 0.29) is 10.8 Å². The minimum atomic E-state index is -0.370. The zero-order valence-electron chi connectivity index (χ0n) is 12.4. The Labute approximate surface area is 135 Å².